The van der Waals surface area contributed by atoms with Gasteiger partial charge in [0.1, 0.15) is 24.7 Å². The van der Waals surface area contributed by atoms with E-state index in [4.69, 9.17) is 18.9 Å². The third kappa shape index (κ3) is 5.55. The van der Waals surface area contributed by atoms with Crippen LogP contribution >= 0.6 is 0 Å². The summed E-state index contributed by atoms with van der Waals surface area (Å²) in [4.78, 5) is 0. The van der Waals surface area contributed by atoms with Gasteiger partial charge in [-0.25, -0.2) is 0 Å². The third-order valence-electron chi connectivity index (χ3n) is 3.90. The molecule has 3 rings (SSSR count). The zero-order chi connectivity index (χ0) is 16.5. The minimum atomic E-state index is 0.269. The molecule has 0 saturated carbocycles. The van der Waals surface area contributed by atoms with Crippen LogP contribution in [-0.2, 0) is 16.1 Å². The molecule has 1 atom stereocenters. The normalized spacial score (nSPS) is 16.9. The van der Waals surface area contributed by atoms with Crippen LogP contribution < -0.4 is 9.47 Å². The SMILES string of the molecule is c1ccc(COc2ccc(OCCOCC3CCCO3)cc2)cc1. The van der Waals surface area contributed by atoms with E-state index in [0.29, 0.717) is 26.4 Å². The maximum absolute atomic E-state index is 5.75. The van der Waals surface area contributed by atoms with Gasteiger partial charge < -0.3 is 18.9 Å². The second kappa shape index (κ2) is 9.30. The van der Waals surface area contributed by atoms with Crippen LogP contribution in [0.25, 0.3) is 0 Å². The van der Waals surface area contributed by atoms with E-state index in [9.17, 15) is 0 Å². The van der Waals surface area contributed by atoms with Gasteiger partial charge >= 0.3 is 0 Å². The van der Waals surface area contributed by atoms with Crippen molar-refractivity contribution in [2.45, 2.75) is 25.6 Å². The highest BCUT2D eigenvalue weighted by Gasteiger charge is 2.14. The highest BCUT2D eigenvalue weighted by Crippen LogP contribution is 2.18. The van der Waals surface area contributed by atoms with Gasteiger partial charge in [0, 0.05) is 6.61 Å². The summed E-state index contributed by atoms with van der Waals surface area (Å²) in [5.41, 5.74) is 1.15. The van der Waals surface area contributed by atoms with E-state index in [1.165, 1.54) is 0 Å². The molecule has 1 aliphatic rings. The fraction of sp³-hybridized carbons (Fsp3) is 0.400. The summed E-state index contributed by atoms with van der Waals surface area (Å²) in [6.07, 6.45) is 2.51. The average Bonchev–Trinajstić information content (AvgIpc) is 3.15. The van der Waals surface area contributed by atoms with Crippen LogP contribution in [-0.4, -0.2) is 32.5 Å². The predicted molar refractivity (Wildman–Crippen MR) is 92.5 cm³/mol. The van der Waals surface area contributed by atoms with E-state index in [-0.39, 0.29) is 6.10 Å². The lowest BCUT2D eigenvalue weighted by Gasteiger charge is -2.11. The fourth-order valence-corrected chi connectivity index (χ4v) is 2.58. The van der Waals surface area contributed by atoms with Crippen molar-refractivity contribution in [3.63, 3.8) is 0 Å². The number of benzene rings is 2. The Kier molecular flexibility index (Phi) is 6.51. The second-order valence-corrected chi connectivity index (χ2v) is 5.80. The molecular formula is C20H24O4. The molecule has 1 fully saturated rings. The predicted octanol–water partition coefficient (Wildman–Crippen LogP) is 3.84. The number of rotatable bonds is 9. The molecule has 1 unspecified atom stereocenters. The standard InChI is InChI=1S/C20H24O4/c1-2-5-17(6-3-1)15-24-19-10-8-18(9-11-19)23-14-13-21-16-20-7-4-12-22-20/h1-3,5-6,8-11,20H,4,7,12-16H2. The van der Waals surface area contributed by atoms with Gasteiger partial charge in [-0.15, -0.1) is 0 Å². The zero-order valence-electron chi connectivity index (χ0n) is 13.9. The molecule has 0 aliphatic carbocycles. The van der Waals surface area contributed by atoms with Crippen molar-refractivity contribution in [3.05, 3.63) is 60.2 Å². The number of hydrogen-bond acceptors (Lipinski definition) is 4. The summed E-state index contributed by atoms with van der Waals surface area (Å²) in [6.45, 7) is 3.21. The van der Waals surface area contributed by atoms with Crippen molar-refractivity contribution in [2.75, 3.05) is 26.4 Å². The molecule has 0 aromatic heterocycles. The van der Waals surface area contributed by atoms with Crippen LogP contribution in [0.3, 0.4) is 0 Å². The summed E-state index contributed by atoms with van der Waals surface area (Å²) in [5, 5.41) is 0. The minimum Gasteiger partial charge on any atom is -0.491 e. The van der Waals surface area contributed by atoms with E-state index in [1.54, 1.807) is 0 Å². The van der Waals surface area contributed by atoms with Gasteiger partial charge in [-0.1, -0.05) is 30.3 Å². The molecular weight excluding hydrogens is 304 g/mol. The topological polar surface area (TPSA) is 36.9 Å². The lowest BCUT2D eigenvalue weighted by Crippen LogP contribution is -2.17. The molecule has 2 aromatic carbocycles. The van der Waals surface area contributed by atoms with Crippen LogP contribution in [0.2, 0.25) is 0 Å². The Balaban J connectivity index is 1.32. The number of hydrogen-bond donors (Lipinski definition) is 0. The van der Waals surface area contributed by atoms with E-state index >= 15 is 0 Å². The molecule has 2 aromatic rings. The molecule has 0 radical (unpaired) electrons. The van der Waals surface area contributed by atoms with Gasteiger partial charge in [0.15, 0.2) is 0 Å². The van der Waals surface area contributed by atoms with Crippen molar-refractivity contribution in [2.24, 2.45) is 0 Å². The fourth-order valence-electron chi connectivity index (χ4n) is 2.58. The minimum absolute atomic E-state index is 0.269. The monoisotopic (exact) mass is 328 g/mol. The first-order valence-electron chi connectivity index (χ1n) is 8.49. The first kappa shape index (κ1) is 16.8. The molecule has 4 nitrogen and oxygen atoms in total. The summed E-state index contributed by atoms with van der Waals surface area (Å²) < 4.78 is 22.5. The summed E-state index contributed by atoms with van der Waals surface area (Å²) in [7, 11) is 0. The molecule has 4 heteroatoms. The molecule has 0 spiro atoms. The van der Waals surface area contributed by atoms with Gasteiger partial charge in [-0.3, -0.25) is 0 Å². The molecule has 0 amide bonds. The van der Waals surface area contributed by atoms with Crippen LogP contribution in [0.15, 0.2) is 54.6 Å². The second-order valence-electron chi connectivity index (χ2n) is 5.80. The Bertz CT molecular complexity index is 576. The van der Waals surface area contributed by atoms with Crippen LogP contribution in [0.5, 0.6) is 11.5 Å². The number of ether oxygens (including phenoxy) is 4. The summed E-state index contributed by atoms with van der Waals surface area (Å²) in [6, 6.07) is 17.8. The summed E-state index contributed by atoms with van der Waals surface area (Å²) in [5.74, 6) is 1.66. The molecule has 128 valence electrons. The first-order valence-corrected chi connectivity index (χ1v) is 8.49. The quantitative estimate of drug-likeness (QED) is 0.655. The van der Waals surface area contributed by atoms with Gasteiger partial charge in [-0.2, -0.15) is 0 Å². The van der Waals surface area contributed by atoms with E-state index < -0.39 is 0 Å². The van der Waals surface area contributed by atoms with Gasteiger partial charge in [0.25, 0.3) is 0 Å². The van der Waals surface area contributed by atoms with E-state index in [2.05, 4.69) is 0 Å². The highest BCUT2D eigenvalue weighted by atomic mass is 16.5. The summed E-state index contributed by atoms with van der Waals surface area (Å²) >= 11 is 0. The lowest BCUT2D eigenvalue weighted by molar-refractivity contribution is 0.00853. The largest absolute Gasteiger partial charge is 0.491 e. The molecule has 24 heavy (non-hydrogen) atoms. The molecule has 1 aliphatic heterocycles. The Labute approximate surface area is 143 Å². The van der Waals surface area contributed by atoms with Crippen molar-refractivity contribution < 1.29 is 18.9 Å². The molecule has 1 heterocycles. The van der Waals surface area contributed by atoms with Crippen molar-refractivity contribution >= 4 is 0 Å². The molecule has 1 saturated heterocycles. The Morgan fingerprint density at radius 3 is 2.33 bits per heavy atom. The lowest BCUT2D eigenvalue weighted by atomic mass is 10.2. The zero-order valence-corrected chi connectivity index (χ0v) is 13.9. The molecule has 0 bridgehead atoms. The van der Waals surface area contributed by atoms with E-state index in [0.717, 1.165) is 36.5 Å². The van der Waals surface area contributed by atoms with Gasteiger partial charge in [-0.05, 0) is 42.7 Å². The van der Waals surface area contributed by atoms with Crippen molar-refractivity contribution in [3.8, 4) is 11.5 Å². The van der Waals surface area contributed by atoms with Gasteiger partial charge in [0.2, 0.25) is 0 Å². The maximum atomic E-state index is 5.75. The highest BCUT2D eigenvalue weighted by molar-refractivity contribution is 5.31. The van der Waals surface area contributed by atoms with Crippen LogP contribution in [0.4, 0.5) is 0 Å². The smallest absolute Gasteiger partial charge is 0.120 e. The Morgan fingerprint density at radius 2 is 1.62 bits per heavy atom. The van der Waals surface area contributed by atoms with Crippen molar-refractivity contribution in [1.29, 1.82) is 0 Å². The Morgan fingerprint density at radius 1 is 0.875 bits per heavy atom. The van der Waals surface area contributed by atoms with E-state index in [1.807, 2.05) is 54.6 Å². The van der Waals surface area contributed by atoms with Crippen molar-refractivity contribution in [1.82, 2.24) is 0 Å². The van der Waals surface area contributed by atoms with Crippen LogP contribution in [0, 0.1) is 0 Å². The maximum Gasteiger partial charge on any atom is 0.120 e. The average molecular weight is 328 g/mol. The first-order chi connectivity index (χ1) is 11.9. The molecule has 0 N–H and O–H groups in total. The Hall–Kier alpha value is -2.04. The van der Waals surface area contributed by atoms with Gasteiger partial charge in [0.05, 0.1) is 19.3 Å². The van der Waals surface area contributed by atoms with Crippen LogP contribution in [0.1, 0.15) is 18.4 Å². The third-order valence-corrected chi connectivity index (χ3v) is 3.90.